The van der Waals surface area contributed by atoms with Crippen molar-refractivity contribution in [3.05, 3.63) is 145 Å². The van der Waals surface area contributed by atoms with Gasteiger partial charge in [-0.2, -0.15) is 0 Å². The Morgan fingerprint density at radius 2 is 0.885 bits per heavy atom. The number of H-pyrrole nitrogens is 2. The lowest BCUT2D eigenvalue weighted by Gasteiger charge is -2.08. The first-order valence-corrected chi connectivity index (χ1v) is 16.8. The van der Waals surface area contributed by atoms with Crippen LogP contribution in [0.15, 0.2) is 122 Å². The highest BCUT2D eigenvalue weighted by Gasteiger charge is 2.19. The smallest absolute Gasteiger partial charge is 0.221 e. The first kappa shape index (κ1) is 30.8. The van der Waals surface area contributed by atoms with Crippen LogP contribution in [0.1, 0.15) is 29.7 Å². The highest BCUT2D eigenvalue weighted by molar-refractivity contribution is 6.01. The molecule has 6 aromatic heterocycles. The van der Waals surface area contributed by atoms with Crippen LogP contribution in [0.4, 0.5) is 5.69 Å². The maximum Gasteiger partial charge on any atom is 0.221 e. The normalized spacial score (nSPS) is 11.9. The average Bonchev–Trinajstić information content (AvgIpc) is 4.01. The van der Waals surface area contributed by atoms with Crippen molar-refractivity contribution in [3.8, 4) is 44.5 Å². The Hall–Kier alpha value is -7.26. The molecular weight excluding hydrogens is 645 g/mol. The number of carbonyl (C=O) groups is 1. The van der Waals surface area contributed by atoms with E-state index >= 15 is 0 Å². The number of amides is 1. The van der Waals surface area contributed by atoms with Gasteiger partial charge in [0.1, 0.15) is 0 Å². The maximum atomic E-state index is 12.1. The number of hydrogen-bond donors (Lipinski definition) is 3. The zero-order chi connectivity index (χ0) is 35.0. The van der Waals surface area contributed by atoms with Crippen molar-refractivity contribution in [2.24, 2.45) is 0 Å². The Morgan fingerprint density at radius 1 is 0.481 bits per heavy atom. The van der Waals surface area contributed by atoms with Crippen LogP contribution in [0, 0.1) is 0 Å². The van der Waals surface area contributed by atoms with Crippen LogP contribution in [-0.4, -0.2) is 40.8 Å². The van der Waals surface area contributed by atoms with E-state index in [1.165, 1.54) is 6.92 Å². The highest BCUT2D eigenvalue weighted by atomic mass is 16.1. The minimum absolute atomic E-state index is 0.134. The molecule has 9 nitrogen and oxygen atoms in total. The van der Waals surface area contributed by atoms with E-state index in [0.717, 1.165) is 89.4 Å². The molecule has 0 fully saturated rings. The molecule has 7 aromatic rings. The molecular formula is C43H30N8O. The van der Waals surface area contributed by atoms with Gasteiger partial charge >= 0.3 is 0 Å². The quantitative estimate of drug-likeness (QED) is 0.167. The summed E-state index contributed by atoms with van der Waals surface area (Å²) in [5.41, 5.74) is 15.0. The SMILES string of the molecule is CC(=O)Nc1cccc(-c2c3ccc([nH]3)c(-c3ccncc3)c3nc(c(-c4ccncc4)c4nc(c(-c5ccncc5)c5ccc2[nH]5)C=C4)C=C3)c1. The molecule has 1 amide bonds. The van der Waals surface area contributed by atoms with E-state index in [1.54, 1.807) is 37.2 Å². The van der Waals surface area contributed by atoms with Gasteiger partial charge in [-0.3, -0.25) is 19.7 Å². The summed E-state index contributed by atoms with van der Waals surface area (Å²) in [6.07, 6.45) is 19.0. The van der Waals surface area contributed by atoms with Crippen molar-refractivity contribution >= 4 is 58.0 Å². The number of pyridine rings is 3. The van der Waals surface area contributed by atoms with E-state index in [2.05, 4.69) is 78.8 Å². The van der Waals surface area contributed by atoms with E-state index in [0.29, 0.717) is 5.69 Å². The summed E-state index contributed by atoms with van der Waals surface area (Å²) < 4.78 is 0. The number of hydrogen-bond acceptors (Lipinski definition) is 6. The summed E-state index contributed by atoms with van der Waals surface area (Å²) in [5.74, 6) is -0.134. The summed E-state index contributed by atoms with van der Waals surface area (Å²) in [5, 5.41) is 2.94. The van der Waals surface area contributed by atoms with Crippen molar-refractivity contribution in [1.82, 2.24) is 34.9 Å². The summed E-state index contributed by atoms with van der Waals surface area (Å²) >= 11 is 0. The van der Waals surface area contributed by atoms with Gasteiger partial charge < -0.3 is 15.3 Å². The molecule has 52 heavy (non-hydrogen) atoms. The number of fused-ring (bicyclic) bond motifs is 8. The van der Waals surface area contributed by atoms with Gasteiger partial charge in [-0.25, -0.2) is 9.97 Å². The Balaban J connectivity index is 1.46. The molecule has 0 atom stereocenters. The predicted octanol–water partition coefficient (Wildman–Crippen LogP) is 9.47. The minimum Gasteiger partial charge on any atom is -0.354 e. The van der Waals surface area contributed by atoms with E-state index in [1.807, 2.05) is 60.7 Å². The van der Waals surface area contributed by atoms with Crippen LogP contribution in [-0.2, 0) is 4.79 Å². The van der Waals surface area contributed by atoms with Gasteiger partial charge in [0.2, 0.25) is 5.91 Å². The molecule has 3 N–H and O–H groups in total. The fourth-order valence-electron chi connectivity index (χ4n) is 6.93. The summed E-state index contributed by atoms with van der Waals surface area (Å²) in [6, 6.07) is 28.2. The molecule has 9 rings (SSSR count). The zero-order valence-electron chi connectivity index (χ0n) is 28.0. The van der Waals surface area contributed by atoms with Gasteiger partial charge in [0.05, 0.1) is 22.8 Å². The molecule has 0 aliphatic carbocycles. The zero-order valence-corrected chi connectivity index (χ0v) is 28.0. The molecule has 9 heteroatoms. The van der Waals surface area contributed by atoms with Gasteiger partial charge in [-0.15, -0.1) is 0 Å². The molecule has 2 aliphatic heterocycles. The fourth-order valence-corrected chi connectivity index (χ4v) is 6.93. The number of anilines is 1. The van der Waals surface area contributed by atoms with Gasteiger partial charge in [-0.1, -0.05) is 12.1 Å². The van der Waals surface area contributed by atoms with Crippen molar-refractivity contribution in [2.45, 2.75) is 6.92 Å². The molecule has 8 bridgehead atoms. The lowest BCUT2D eigenvalue weighted by molar-refractivity contribution is -0.114. The third-order valence-corrected chi connectivity index (χ3v) is 9.13. The highest BCUT2D eigenvalue weighted by Crippen LogP contribution is 2.38. The first-order valence-electron chi connectivity index (χ1n) is 16.8. The summed E-state index contributed by atoms with van der Waals surface area (Å²) in [6.45, 7) is 1.51. The molecule has 0 saturated heterocycles. The molecule has 8 heterocycles. The van der Waals surface area contributed by atoms with Crippen molar-refractivity contribution in [2.75, 3.05) is 5.32 Å². The Morgan fingerprint density at radius 3 is 1.33 bits per heavy atom. The van der Waals surface area contributed by atoms with Crippen LogP contribution < -0.4 is 5.32 Å². The molecule has 0 saturated carbocycles. The maximum absolute atomic E-state index is 12.1. The Labute approximate surface area is 298 Å². The number of carbonyl (C=O) groups excluding carboxylic acids is 1. The lowest BCUT2D eigenvalue weighted by Crippen LogP contribution is -2.05. The molecule has 1 aromatic carbocycles. The third-order valence-electron chi connectivity index (χ3n) is 9.13. The first-order chi connectivity index (χ1) is 25.6. The molecule has 248 valence electrons. The number of benzene rings is 1. The second-order valence-electron chi connectivity index (χ2n) is 12.5. The third kappa shape index (κ3) is 5.66. The average molecular weight is 675 g/mol. The van der Waals surface area contributed by atoms with E-state index in [4.69, 9.17) is 9.97 Å². The van der Waals surface area contributed by atoms with Crippen LogP contribution in [0.25, 0.3) is 90.9 Å². The van der Waals surface area contributed by atoms with Crippen LogP contribution in [0.3, 0.4) is 0 Å². The van der Waals surface area contributed by atoms with E-state index in [-0.39, 0.29) is 5.91 Å². The molecule has 2 aliphatic rings. The van der Waals surface area contributed by atoms with Gasteiger partial charge in [0.25, 0.3) is 0 Å². The van der Waals surface area contributed by atoms with Crippen LogP contribution in [0.5, 0.6) is 0 Å². The number of aromatic nitrogens is 7. The fraction of sp³-hybridized carbons (Fsp3) is 0.0233. The van der Waals surface area contributed by atoms with Crippen molar-refractivity contribution < 1.29 is 4.79 Å². The van der Waals surface area contributed by atoms with Gasteiger partial charge in [0.15, 0.2) is 0 Å². The van der Waals surface area contributed by atoms with Gasteiger partial charge in [-0.05, 0) is 119 Å². The van der Waals surface area contributed by atoms with Crippen molar-refractivity contribution in [3.63, 3.8) is 0 Å². The number of nitrogens with zero attached hydrogens (tertiary/aromatic N) is 5. The number of aromatic amines is 2. The second-order valence-corrected chi connectivity index (χ2v) is 12.5. The Kier molecular flexibility index (Phi) is 7.63. The monoisotopic (exact) mass is 674 g/mol. The molecule has 0 spiro atoms. The van der Waals surface area contributed by atoms with E-state index < -0.39 is 0 Å². The summed E-state index contributed by atoms with van der Waals surface area (Å²) in [7, 11) is 0. The Bertz CT molecular complexity index is 2590. The summed E-state index contributed by atoms with van der Waals surface area (Å²) in [4.78, 5) is 43.0. The molecule has 0 radical (unpaired) electrons. The number of nitrogens with one attached hydrogen (secondary N) is 3. The number of rotatable bonds is 5. The topological polar surface area (TPSA) is 125 Å². The van der Waals surface area contributed by atoms with Crippen LogP contribution in [0.2, 0.25) is 0 Å². The van der Waals surface area contributed by atoms with Crippen LogP contribution >= 0.6 is 0 Å². The predicted molar refractivity (Wildman–Crippen MR) is 208 cm³/mol. The second kappa shape index (κ2) is 12.9. The standard InChI is InChI=1S/C43H30N8O/c1-26(52)47-31-4-2-3-30(25-31)43-38-11-9-36(50-38)41(28-15-21-45-22-16-28)34-7-5-32(48-34)40(27-13-19-44-20-14-27)33-6-8-35(49-33)42(29-17-23-46-24-18-29)37-10-12-39(43)51-37/h2-25,50-51H,1H3,(H,47,52). The van der Waals surface area contributed by atoms with Crippen molar-refractivity contribution in [1.29, 1.82) is 0 Å². The largest absolute Gasteiger partial charge is 0.354 e. The lowest BCUT2D eigenvalue weighted by atomic mass is 10.0. The molecule has 0 unspecified atom stereocenters. The minimum atomic E-state index is -0.134. The van der Waals surface area contributed by atoms with E-state index in [9.17, 15) is 4.79 Å². The van der Waals surface area contributed by atoms with Gasteiger partial charge in [0, 0.05) is 94.1 Å².